The quantitative estimate of drug-likeness (QED) is 0.249. The fourth-order valence-corrected chi connectivity index (χ4v) is 1.24. The van der Waals surface area contributed by atoms with Gasteiger partial charge < -0.3 is 14.8 Å². The number of hydrazine groups is 1. The van der Waals surface area contributed by atoms with Gasteiger partial charge in [0.1, 0.15) is 6.10 Å². The number of aliphatic imine (C=N–C) groups is 1. The van der Waals surface area contributed by atoms with Crippen molar-refractivity contribution in [3.8, 4) is 0 Å². The SMILES string of the molecule is CC(C)NC(=NCC1COCCO1)NN. The number of hydrogen-bond acceptors (Lipinski definition) is 4. The Labute approximate surface area is 90.2 Å². The average Bonchev–Trinajstić information content (AvgIpc) is 2.25. The summed E-state index contributed by atoms with van der Waals surface area (Å²) >= 11 is 0. The minimum Gasteiger partial charge on any atom is -0.376 e. The van der Waals surface area contributed by atoms with Crippen LogP contribution in [0.5, 0.6) is 0 Å². The van der Waals surface area contributed by atoms with Gasteiger partial charge in [0.2, 0.25) is 5.96 Å². The van der Waals surface area contributed by atoms with E-state index in [2.05, 4.69) is 15.7 Å². The Balaban J connectivity index is 2.31. The standard InChI is InChI=1S/C9H20N4O2/c1-7(2)12-9(13-10)11-5-8-6-14-3-4-15-8/h7-8H,3-6,10H2,1-2H3,(H2,11,12,13). The minimum absolute atomic E-state index is 0.0380. The van der Waals surface area contributed by atoms with Crippen LogP contribution in [-0.2, 0) is 9.47 Å². The minimum atomic E-state index is 0.0380. The molecule has 1 saturated heterocycles. The van der Waals surface area contributed by atoms with Crippen molar-refractivity contribution in [1.82, 2.24) is 10.7 Å². The molecule has 0 aromatic carbocycles. The van der Waals surface area contributed by atoms with Gasteiger partial charge in [0.15, 0.2) is 0 Å². The smallest absolute Gasteiger partial charge is 0.206 e. The third-order valence-electron chi connectivity index (χ3n) is 1.90. The van der Waals surface area contributed by atoms with Gasteiger partial charge in [-0.3, -0.25) is 5.43 Å². The number of guanidine groups is 1. The number of nitrogens with one attached hydrogen (secondary N) is 2. The highest BCUT2D eigenvalue weighted by atomic mass is 16.6. The Hall–Kier alpha value is -0.850. The van der Waals surface area contributed by atoms with Gasteiger partial charge in [-0.1, -0.05) is 0 Å². The Morgan fingerprint density at radius 3 is 2.87 bits per heavy atom. The van der Waals surface area contributed by atoms with Gasteiger partial charge in [-0.25, -0.2) is 10.8 Å². The lowest BCUT2D eigenvalue weighted by atomic mass is 10.3. The summed E-state index contributed by atoms with van der Waals surface area (Å²) in [4.78, 5) is 4.27. The van der Waals surface area contributed by atoms with E-state index in [9.17, 15) is 0 Å². The van der Waals surface area contributed by atoms with Crippen LogP contribution in [0.4, 0.5) is 0 Å². The largest absolute Gasteiger partial charge is 0.376 e. The lowest BCUT2D eigenvalue weighted by Gasteiger charge is -2.21. The molecule has 1 rings (SSSR count). The van der Waals surface area contributed by atoms with Gasteiger partial charge in [0.05, 0.1) is 26.4 Å². The summed E-state index contributed by atoms with van der Waals surface area (Å²) < 4.78 is 10.7. The lowest BCUT2D eigenvalue weighted by Crippen LogP contribution is -2.45. The summed E-state index contributed by atoms with van der Waals surface area (Å²) in [5.41, 5.74) is 2.52. The maximum Gasteiger partial charge on any atom is 0.206 e. The Kier molecular flexibility index (Phi) is 5.38. The zero-order valence-electron chi connectivity index (χ0n) is 9.32. The highest BCUT2D eigenvalue weighted by Gasteiger charge is 2.13. The van der Waals surface area contributed by atoms with Crippen LogP contribution in [0.15, 0.2) is 4.99 Å². The van der Waals surface area contributed by atoms with Gasteiger partial charge in [-0.05, 0) is 13.8 Å². The molecule has 1 aliphatic heterocycles. The molecule has 0 spiro atoms. The van der Waals surface area contributed by atoms with Crippen LogP contribution >= 0.6 is 0 Å². The Bertz CT molecular complexity index is 202. The van der Waals surface area contributed by atoms with Crippen LogP contribution in [0.25, 0.3) is 0 Å². The van der Waals surface area contributed by atoms with E-state index in [0.29, 0.717) is 38.4 Å². The van der Waals surface area contributed by atoms with Crippen molar-refractivity contribution >= 4 is 5.96 Å². The number of nitrogens with two attached hydrogens (primary N) is 1. The van der Waals surface area contributed by atoms with Crippen molar-refractivity contribution in [3.63, 3.8) is 0 Å². The topological polar surface area (TPSA) is 80.9 Å². The molecule has 88 valence electrons. The van der Waals surface area contributed by atoms with Crippen LogP contribution < -0.4 is 16.6 Å². The number of nitrogens with zero attached hydrogens (tertiary/aromatic N) is 1. The van der Waals surface area contributed by atoms with Crippen LogP contribution in [0.1, 0.15) is 13.8 Å². The molecule has 1 atom stereocenters. The molecular weight excluding hydrogens is 196 g/mol. The van der Waals surface area contributed by atoms with Gasteiger partial charge in [-0.2, -0.15) is 0 Å². The fraction of sp³-hybridized carbons (Fsp3) is 0.889. The first kappa shape index (κ1) is 12.2. The summed E-state index contributed by atoms with van der Waals surface area (Å²) in [7, 11) is 0. The molecule has 6 nitrogen and oxygen atoms in total. The van der Waals surface area contributed by atoms with Crippen molar-refractivity contribution in [2.45, 2.75) is 26.0 Å². The third kappa shape index (κ3) is 4.96. The maximum atomic E-state index is 5.45. The van der Waals surface area contributed by atoms with E-state index < -0.39 is 0 Å². The Morgan fingerprint density at radius 2 is 2.33 bits per heavy atom. The number of ether oxygens (including phenoxy) is 2. The molecule has 4 N–H and O–H groups in total. The molecule has 6 heteroatoms. The van der Waals surface area contributed by atoms with Crippen molar-refractivity contribution in [1.29, 1.82) is 0 Å². The second-order valence-electron chi connectivity index (χ2n) is 3.70. The monoisotopic (exact) mass is 216 g/mol. The highest BCUT2D eigenvalue weighted by molar-refractivity contribution is 5.79. The lowest BCUT2D eigenvalue weighted by molar-refractivity contribution is -0.0832. The van der Waals surface area contributed by atoms with E-state index in [1.807, 2.05) is 13.8 Å². The second kappa shape index (κ2) is 6.60. The van der Waals surface area contributed by atoms with Crippen molar-refractivity contribution in [2.75, 3.05) is 26.4 Å². The molecule has 0 amide bonds. The molecule has 1 heterocycles. The molecule has 1 aliphatic rings. The molecule has 0 aliphatic carbocycles. The van der Waals surface area contributed by atoms with Crippen molar-refractivity contribution in [2.24, 2.45) is 10.8 Å². The summed E-state index contributed by atoms with van der Waals surface area (Å²) in [5.74, 6) is 5.90. The molecule has 1 fully saturated rings. The first-order valence-electron chi connectivity index (χ1n) is 5.19. The summed E-state index contributed by atoms with van der Waals surface area (Å²) in [6, 6.07) is 0.295. The van der Waals surface area contributed by atoms with Crippen molar-refractivity contribution in [3.05, 3.63) is 0 Å². The normalized spacial score (nSPS) is 22.9. The first-order valence-corrected chi connectivity index (χ1v) is 5.19. The predicted octanol–water partition coefficient (Wildman–Crippen LogP) is -0.781. The second-order valence-corrected chi connectivity index (χ2v) is 3.70. The van der Waals surface area contributed by atoms with E-state index >= 15 is 0 Å². The zero-order valence-corrected chi connectivity index (χ0v) is 9.32. The van der Waals surface area contributed by atoms with Crippen LogP contribution in [0, 0.1) is 0 Å². The summed E-state index contributed by atoms with van der Waals surface area (Å²) in [6.45, 7) is 6.51. The van der Waals surface area contributed by atoms with Crippen LogP contribution in [0.3, 0.4) is 0 Å². The van der Waals surface area contributed by atoms with Crippen molar-refractivity contribution < 1.29 is 9.47 Å². The van der Waals surface area contributed by atoms with Crippen LogP contribution in [0.2, 0.25) is 0 Å². The van der Waals surface area contributed by atoms with Gasteiger partial charge >= 0.3 is 0 Å². The predicted molar refractivity (Wildman–Crippen MR) is 58.5 cm³/mol. The number of hydrogen-bond donors (Lipinski definition) is 3. The molecule has 0 saturated carbocycles. The molecule has 0 radical (unpaired) electrons. The fourth-order valence-electron chi connectivity index (χ4n) is 1.24. The molecule has 0 aromatic rings. The van der Waals surface area contributed by atoms with E-state index in [1.165, 1.54) is 0 Å². The molecule has 0 aromatic heterocycles. The average molecular weight is 216 g/mol. The molecule has 15 heavy (non-hydrogen) atoms. The van der Waals surface area contributed by atoms with E-state index in [4.69, 9.17) is 15.3 Å². The summed E-state index contributed by atoms with van der Waals surface area (Å²) in [6.07, 6.45) is 0.0380. The molecular formula is C9H20N4O2. The highest BCUT2D eigenvalue weighted by Crippen LogP contribution is 2.00. The van der Waals surface area contributed by atoms with Gasteiger partial charge in [0.25, 0.3) is 0 Å². The van der Waals surface area contributed by atoms with E-state index in [1.54, 1.807) is 0 Å². The summed E-state index contributed by atoms with van der Waals surface area (Å²) in [5, 5.41) is 3.09. The van der Waals surface area contributed by atoms with Crippen LogP contribution in [-0.4, -0.2) is 44.5 Å². The maximum absolute atomic E-state index is 5.45. The van der Waals surface area contributed by atoms with Gasteiger partial charge in [0, 0.05) is 6.04 Å². The first-order chi connectivity index (χ1) is 7.22. The van der Waals surface area contributed by atoms with E-state index in [-0.39, 0.29) is 6.10 Å². The molecule has 0 bridgehead atoms. The number of rotatable bonds is 3. The third-order valence-corrected chi connectivity index (χ3v) is 1.90. The Morgan fingerprint density at radius 1 is 1.53 bits per heavy atom. The zero-order chi connectivity index (χ0) is 11.1. The van der Waals surface area contributed by atoms with Gasteiger partial charge in [-0.15, -0.1) is 0 Å². The molecule has 1 unspecified atom stereocenters. The van der Waals surface area contributed by atoms with E-state index in [0.717, 1.165) is 0 Å².